The van der Waals surface area contributed by atoms with Gasteiger partial charge in [-0.2, -0.15) is 0 Å². The smallest absolute Gasteiger partial charge is 0.257 e. The summed E-state index contributed by atoms with van der Waals surface area (Å²) in [4.78, 5) is 14.1. The highest BCUT2D eigenvalue weighted by Gasteiger charge is 2.29. The molecule has 104 valence electrons. The molecule has 0 saturated carbocycles. The lowest BCUT2D eigenvalue weighted by molar-refractivity contribution is 0.0646. The minimum Gasteiger partial charge on any atom is -0.508 e. The second kappa shape index (κ2) is 5.48. The second-order valence-electron chi connectivity index (χ2n) is 5.11. The van der Waals surface area contributed by atoms with E-state index in [9.17, 15) is 15.0 Å². The number of phenolic OH excluding ortho intramolecular Hbond substituents is 2. The lowest BCUT2D eigenvalue weighted by atomic mass is 9.93. The minimum absolute atomic E-state index is 0.0451. The van der Waals surface area contributed by atoms with E-state index in [1.807, 2.05) is 7.05 Å². The number of nitrogens with zero attached hydrogens (tertiary/aromatic N) is 1. The standard InChI is InChI=1S/C14H20N2O3/c1-9-8-16(6-5-12(9)15-2)14(19)11-4-3-10(17)7-13(11)18/h3-4,7,9,12,15,17-18H,5-6,8H2,1-2H3. The van der Waals surface area contributed by atoms with Crippen LogP contribution >= 0.6 is 0 Å². The summed E-state index contributed by atoms with van der Waals surface area (Å²) in [5, 5.41) is 22.2. The Kier molecular flexibility index (Phi) is 3.95. The third-order valence-electron chi connectivity index (χ3n) is 3.78. The first-order valence-electron chi connectivity index (χ1n) is 6.51. The molecule has 0 radical (unpaired) electrons. The lowest BCUT2D eigenvalue weighted by Gasteiger charge is -2.36. The number of phenols is 2. The van der Waals surface area contributed by atoms with E-state index in [0.29, 0.717) is 25.0 Å². The number of rotatable bonds is 2. The molecule has 1 aromatic rings. The number of benzene rings is 1. The third kappa shape index (κ3) is 2.81. The van der Waals surface area contributed by atoms with Crippen LogP contribution in [0.15, 0.2) is 18.2 Å². The Morgan fingerprint density at radius 1 is 1.42 bits per heavy atom. The van der Waals surface area contributed by atoms with E-state index in [1.165, 1.54) is 18.2 Å². The van der Waals surface area contributed by atoms with Crippen LogP contribution in [0.2, 0.25) is 0 Å². The molecule has 1 amide bonds. The van der Waals surface area contributed by atoms with E-state index in [2.05, 4.69) is 12.2 Å². The van der Waals surface area contributed by atoms with Gasteiger partial charge in [0, 0.05) is 25.2 Å². The van der Waals surface area contributed by atoms with Gasteiger partial charge in [-0.25, -0.2) is 0 Å². The fourth-order valence-electron chi connectivity index (χ4n) is 2.63. The van der Waals surface area contributed by atoms with Gasteiger partial charge in [0.25, 0.3) is 5.91 Å². The van der Waals surface area contributed by atoms with Crippen LogP contribution in [0.5, 0.6) is 11.5 Å². The summed E-state index contributed by atoms with van der Waals surface area (Å²) in [5.41, 5.74) is 0.243. The minimum atomic E-state index is -0.182. The first-order valence-corrected chi connectivity index (χ1v) is 6.51. The van der Waals surface area contributed by atoms with Crippen LogP contribution in [-0.4, -0.2) is 47.2 Å². The number of nitrogens with one attached hydrogen (secondary N) is 1. The van der Waals surface area contributed by atoms with E-state index in [1.54, 1.807) is 4.90 Å². The molecule has 2 unspecified atom stereocenters. The second-order valence-corrected chi connectivity index (χ2v) is 5.11. The van der Waals surface area contributed by atoms with Gasteiger partial charge in [-0.3, -0.25) is 4.79 Å². The van der Waals surface area contributed by atoms with Crippen molar-refractivity contribution < 1.29 is 15.0 Å². The van der Waals surface area contributed by atoms with E-state index < -0.39 is 0 Å². The zero-order valence-corrected chi connectivity index (χ0v) is 11.3. The zero-order valence-electron chi connectivity index (χ0n) is 11.3. The molecule has 19 heavy (non-hydrogen) atoms. The van der Waals surface area contributed by atoms with Crippen molar-refractivity contribution in [1.29, 1.82) is 0 Å². The molecule has 1 heterocycles. The van der Waals surface area contributed by atoms with E-state index in [-0.39, 0.29) is 23.0 Å². The van der Waals surface area contributed by atoms with E-state index >= 15 is 0 Å². The summed E-state index contributed by atoms with van der Waals surface area (Å²) >= 11 is 0. The lowest BCUT2D eigenvalue weighted by Crippen LogP contribution is -2.49. The van der Waals surface area contributed by atoms with Crippen LogP contribution in [0.1, 0.15) is 23.7 Å². The van der Waals surface area contributed by atoms with Gasteiger partial charge in [-0.15, -0.1) is 0 Å². The van der Waals surface area contributed by atoms with Crippen LogP contribution in [0.4, 0.5) is 0 Å². The van der Waals surface area contributed by atoms with E-state index in [0.717, 1.165) is 6.42 Å². The topological polar surface area (TPSA) is 72.8 Å². The predicted molar refractivity (Wildman–Crippen MR) is 72.3 cm³/mol. The number of piperidine rings is 1. The van der Waals surface area contributed by atoms with Gasteiger partial charge in [0.15, 0.2) is 0 Å². The molecule has 5 nitrogen and oxygen atoms in total. The van der Waals surface area contributed by atoms with E-state index in [4.69, 9.17) is 0 Å². The van der Waals surface area contributed by atoms with Crippen molar-refractivity contribution in [3.8, 4) is 11.5 Å². The summed E-state index contributed by atoms with van der Waals surface area (Å²) in [6, 6.07) is 4.49. The van der Waals surface area contributed by atoms with Crippen LogP contribution < -0.4 is 5.32 Å². The summed E-state index contributed by atoms with van der Waals surface area (Å²) < 4.78 is 0. The van der Waals surface area contributed by atoms with Crippen molar-refractivity contribution >= 4 is 5.91 Å². The molecule has 1 aromatic carbocycles. The molecule has 1 saturated heterocycles. The van der Waals surface area contributed by atoms with Gasteiger partial charge in [0.2, 0.25) is 0 Å². The number of aromatic hydroxyl groups is 2. The number of hydrogen-bond acceptors (Lipinski definition) is 4. The van der Waals surface area contributed by atoms with Crippen LogP contribution in [0.25, 0.3) is 0 Å². The number of likely N-dealkylation sites (tertiary alicyclic amines) is 1. The number of carbonyl (C=O) groups excluding carboxylic acids is 1. The van der Waals surface area contributed by atoms with Crippen molar-refractivity contribution in [3.63, 3.8) is 0 Å². The van der Waals surface area contributed by atoms with Crippen LogP contribution in [0, 0.1) is 5.92 Å². The molecule has 0 aromatic heterocycles. The molecule has 1 fully saturated rings. The largest absolute Gasteiger partial charge is 0.508 e. The van der Waals surface area contributed by atoms with Gasteiger partial charge in [0.1, 0.15) is 11.5 Å². The maximum absolute atomic E-state index is 12.3. The molecule has 0 spiro atoms. The Bertz CT molecular complexity index is 476. The molecular weight excluding hydrogens is 244 g/mol. The Labute approximate surface area is 112 Å². The third-order valence-corrected chi connectivity index (χ3v) is 3.78. The highest BCUT2D eigenvalue weighted by atomic mass is 16.3. The molecule has 2 rings (SSSR count). The van der Waals surface area contributed by atoms with Gasteiger partial charge < -0.3 is 20.4 Å². The highest BCUT2D eigenvalue weighted by molar-refractivity contribution is 5.97. The first kappa shape index (κ1) is 13.7. The van der Waals surface area contributed by atoms with Gasteiger partial charge in [-0.1, -0.05) is 6.92 Å². The molecular formula is C14H20N2O3. The monoisotopic (exact) mass is 264 g/mol. The van der Waals surface area contributed by atoms with Crippen molar-refractivity contribution in [3.05, 3.63) is 23.8 Å². The fourth-order valence-corrected chi connectivity index (χ4v) is 2.63. The maximum Gasteiger partial charge on any atom is 0.257 e. The SMILES string of the molecule is CNC1CCN(C(=O)c2ccc(O)cc2O)CC1C. The molecule has 3 N–H and O–H groups in total. The molecule has 1 aliphatic heterocycles. The Balaban J connectivity index is 2.12. The predicted octanol–water partition coefficient (Wildman–Crippen LogP) is 1.17. The zero-order chi connectivity index (χ0) is 14.0. The summed E-state index contributed by atoms with van der Waals surface area (Å²) in [7, 11) is 1.93. The summed E-state index contributed by atoms with van der Waals surface area (Å²) in [5.74, 6) is -0.0226. The number of hydrogen-bond donors (Lipinski definition) is 3. The Morgan fingerprint density at radius 3 is 2.74 bits per heavy atom. The van der Waals surface area contributed by atoms with Gasteiger partial charge >= 0.3 is 0 Å². The molecule has 1 aliphatic rings. The highest BCUT2D eigenvalue weighted by Crippen LogP contribution is 2.26. The molecule has 0 aliphatic carbocycles. The fraction of sp³-hybridized carbons (Fsp3) is 0.500. The van der Waals surface area contributed by atoms with Crippen molar-refractivity contribution in [2.24, 2.45) is 5.92 Å². The average molecular weight is 264 g/mol. The van der Waals surface area contributed by atoms with Crippen molar-refractivity contribution in [2.45, 2.75) is 19.4 Å². The van der Waals surface area contributed by atoms with Crippen molar-refractivity contribution in [1.82, 2.24) is 10.2 Å². The molecule has 5 heteroatoms. The van der Waals surface area contributed by atoms with Gasteiger partial charge in [-0.05, 0) is 31.5 Å². The van der Waals surface area contributed by atoms with Crippen molar-refractivity contribution in [2.75, 3.05) is 20.1 Å². The molecule has 2 atom stereocenters. The number of amides is 1. The number of carbonyl (C=O) groups is 1. The first-order chi connectivity index (χ1) is 9.02. The summed E-state index contributed by atoms with van der Waals surface area (Å²) in [6.45, 7) is 3.46. The van der Waals surface area contributed by atoms with Gasteiger partial charge in [0.05, 0.1) is 5.56 Å². The quantitative estimate of drug-likeness (QED) is 0.749. The summed E-state index contributed by atoms with van der Waals surface area (Å²) in [6.07, 6.45) is 0.905. The van der Waals surface area contributed by atoms with Crippen LogP contribution in [0.3, 0.4) is 0 Å². The average Bonchev–Trinajstić information content (AvgIpc) is 2.38. The van der Waals surface area contributed by atoms with Crippen LogP contribution in [-0.2, 0) is 0 Å². The Morgan fingerprint density at radius 2 is 2.16 bits per heavy atom. The molecule has 0 bridgehead atoms. The Hall–Kier alpha value is -1.75. The normalized spacial score (nSPS) is 23.4. The maximum atomic E-state index is 12.3.